The molecule has 0 bridgehead atoms. The zero-order valence-electron chi connectivity index (χ0n) is 12.0. The zero-order chi connectivity index (χ0) is 13.9. The van der Waals surface area contributed by atoms with E-state index < -0.39 is 0 Å². The molecule has 108 valence electrons. The van der Waals surface area contributed by atoms with Gasteiger partial charge in [0.15, 0.2) is 0 Å². The summed E-state index contributed by atoms with van der Waals surface area (Å²) in [6.07, 6.45) is 7.57. The number of aromatic nitrogens is 2. The summed E-state index contributed by atoms with van der Waals surface area (Å²) in [6.45, 7) is 4.08. The molecule has 0 spiro atoms. The molecule has 3 heterocycles. The Balaban J connectivity index is 1.94. The largest absolute Gasteiger partial charge is 0.353 e. The number of hydrogen-bond acceptors (Lipinski definition) is 5. The van der Waals surface area contributed by atoms with Crippen LogP contribution in [0.3, 0.4) is 0 Å². The zero-order valence-corrected chi connectivity index (χ0v) is 12.8. The Morgan fingerprint density at radius 2 is 2.35 bits per heavy atom. The first-order valence-electron chi connectivity index (χ1n) is 7.53. The van der Waals surface area contributed by atoms with E-state index in [4.69, 9.17) is 5.73 Å². The summed E-state index contributed by atoms with van der Waals surface area (Å²) in [6, 6.07) is 2.87. The van der Waals surface area contributed by atoms with Crippen LogP contribution in [0.2, 0.25) is 0 Å². The van der Waals surface area contributed by atoms with Crippen LogP contribution in [0.25, 0.3) is 10.2 Å². The number of thiophene rings is 1. The minimum Gasteiger partial charge on any atom is -0.353 e. The Morgan fingerprint density at radius 3 is 3.15 bits per heavy atom. The fourth-order valence-corrected chi connectivity index (χ4v) is 3.99. The van der Waals surface area contributed by atoms with Crippen molar-refractivity contribution in [2.75, 3.05) is 18.0 Å². The van der Waals surface area contributed by atoms with Gasteiger partial charge in [-0.2, -0.15) is 0 Å². The first kappa shape index (κ1) is 13.8. The monoisotopic (exact) mass is 290 g/mol. The second-order valence-corrected chi connectivity index (χ2v) is 6.52. The van der Waals surface area contributed by atoms with Crippen LogP contribution in [0.15, 0.2) is 12.4 Å². The molecule has 1 unspecified atom stereocenters. The number of rotatable bonds is 5. The molecule has 1 fully saturated rings. The third kappa shape index (κ3) is 2.52. The van der Waals surface area contributed by atoms with Crippen molar-refractivity contribution in [1.82, 2.24) is 9.97 Å². The number of fused-ring (bicyclic) bond motifs is 1. The highest BCUT2D eigenvalue weighted by molar-refractivity contribution is 7.18. The SMILES string of the molecule is CCc1cc2c(N3CCCC3CCCN)ncnc2s1. The van der Waals surface area contributed by atoms with Crippen LogP contribution < -0.4 is 10.6 Å². The van der Waals surface area contributed by atoms with E-state index in [0.717, 1.165) is 36.6 Å². The molecule has 1 aliphatic rings. The van der Waals surface area contributed by atoms with Crippen molar-refractivity contribution in [3.05, 3.63) is 17.3 Å². The summed E-state index contributed by atoms with van der Waals surface area (Å²) in [7, 11) is 0. The number of aryl methyl sites for hydroxylation is 1. The Kier molecular flexibility index (Phi) is 4.17. The molecular formula is C15H22N4S. The van der Waals surface area contributed by atoms with Crippen molar-refractivity contribution in [2.45, 2.75) is 45.1 Å². The normalized spacial score (nSPS) is 19.1. The molecule has 0 aliphatic carbocycles. The lowest BCUT2D eigenvalue weighted by Crippen LogP contribution is -2.30. The van der Waals surface area contributed by atoms with Gasteiger partial charge < -0.3 is 10.6 Å². The van der Waals surface area contributed by atoms with Crippen LogP contribution >= 0.6 is 11.3 Å². The van der Waals surface area contributed by atoms with E-state index in [0.29, 0.717) is 6.04 Å². The third-order valence-corrected chi connectivity index (χ3v) is 5.29. The molecule has 1 saturated heterocycles. The first-order valence-corrected chi connectivity index (χ1v) is 8.35. The average molecular weight is 290 g/mol. The van der Waals surface area contributed by atoms with Gasteiger partial charge in [-0.15, -0.1) is 11.3 Å². The molecule has 5 heteroatoms. The maximum atomic E-state index is 5.66. The number of anilines is 1. The molecule has 20 heavy (non-hydrogen) atoms. The fraction of sp³-hybridized carbons (Fsp3) is 0.600. The number of nitrogens with two attached hydrogens (primary N) is 1. The van der Waals surface area contributed by atoms with Crippen LogP contribution in [-0.4, -0.2) is 29.1 Å². The molecule has 3 rings (SSSR count). The van der Waals surface area contributed by atoms with Gasteiger partial charge in [0.2, 0.25) is 0 Å². The Hall–Kier alpha value is -1.20. The van der Waals surface area contributed by atoms with Gasteiger partial charge >= 0.3 is 0 Å². The van der Waals surface area contributed by atoms with E-state index in [-0.39, 0.29) is 0 Å². The van der Waals surface area contributed by atoms with Crippen LogP contribution in [0.4, 0.5) is 5.82 Å². The van der Waals surface area contributed by atoms with Crippen molar-refractivity contribution in [3.63, 3.8) is 0 Å². The van der Waals surface area contributed by atoms with E-state index in [2.05, 4.69) is 27.9 Å². The highest BCUT2D eigenvalue weighted by Gasteiger charge is 2.26. The van der Waals surface area contributed by atoms with Crippen molar-refractivity contribution in [1.29, 1.82) is 0 Å². The lowest BCUT2D eigenvalue weighted by Gasteiger charge is -2.26. The van der Waals surface area contributed by atoms with Gasteiger partial charge in [0, 0.05) is 17.5 Å². The van der Waals surface area contributed by atoms with E-state index in [9.17, 15) is 0 Å². The Bertz CT molecular complexity index is 580. The summed E-state index contributed by atoms with van der Waals surface area (Å²) in [5, 5.41) is 1.23. The van der Waals surface area contributed by atoms with Crippen molar-refractivity contribution >= 4 is 27.4 Å². The molecule has 0 aromatic carbocycles. The highest BCUT2D eigenvalue weighted by atomic mass is 32.1. The quantitative estimate of drug-likeness (QED) is 0.920. The van der Waals surface area contributed by atoms with E-state index in [1.54, 1.807) is 17.7 Å². The molecular weight excluding hydrogens is 268 g/mol. The summed E-state index contributed by atoms with van der Waals surface area (Å²) in [5.41, 5.74) is 5.66. The summed E-state index contributed by atoms with van der Waals surface area (Å²) in [4.78, 5) is 14.0. The lowest BCUT2D eigenvalue weighted by molar-refractivity contribution is 0.583. The van der Waals surface area contributed by atoms with Gasteiger partial charge in [-0.05, 0) is 44.7 Å². The molecule has 0 radical (unpaired) electrons. The Morgan fingerprint density at radius 1 is 1.45 bits per heavy atom. The van der Waals surface area contributed by atoms with Gasteiger partial charge in [0.05, 0.1) is 5.39 Å². The van der Waals surface area contributed by atoms with Gasteiger partial charge in [0.25, 0.3) is 0 Å². The predicted octanol–water partition coefficient (Wildman–Crippen LogP) is 2.96. The molecule has 1 aliphatic heterocycles. The van der Waals surface area contributed by atoms with Crippen LogP contribution in [0.5, 0.6) is 0 Å². The lowest BCUT2D eigenvalue weighted by atomic mass is 10.1. The minimum atomic E-state index is 0.599. The first-order chi connectivity index (χ1) is 9.83. The highest BCUT2D eigenvalue weighted by Crippen LogP contribution is 2.34. The summed E-state index contributed by atoms with van der Waals surface area (Å²) < 4.78 is 0. The molecule has 2 aromatic heterocycles. The van der Waals surface area contributed by atoms with Gasteiger partial charge in [-0.3, -0.25) is 0 Å². The number of hydrogen-bond donors (Lipinski definition) is 1. The molecule has 0 saturated carbocycles. The van der Waals surface area contributed by atoms with Crippen molar-refractivity contribution in [3.8, 4) is 0 Å². The molecule has 1 atom stereocenters. The maximum Gasteiger partial charge on any atom is 0.141 e. The second kappa shape index (κ2) is 6.06. The van der Waals surface area contributed by atoms with Crippen LogP contribution in [0, 0.1) is 0 Å². The van der Waals surface area contributed by atoms with Gasteiger partial charge in [0.1, 0.15) is 17.0 Å². The predicted molar refractivity (Wildman–Crippen MR) is 85.4 cm³/mol. The van der Waals surface area contributed by atoms with Gasteiger partial charge in [-0.1, -0.05) is 6.92 Å². The molecule has 0 amide bonds. The average Bonchev–Trinajstić information content (AvgIpc) is 3.10. The number of nitrogens with zero attached hydrogens (tertiary/aromatic N) is 3. The van der Waals surface area contributed by atoms with E-state index >= 15 is 0 Å². The smallest absolute Gasteiger partial charge is 0.141 e. The maximum absolute atomic E-state index is 5.66. The standard InChI is InChI=1S/C15H22N4S/c1-2-12-9-13-14(17-10-18-15(13)20-12)19-8-4-6-11(19)5-3-7-16/h9-11H,2-8,16H2,1H3. The third-order valence-electron chi connectivity index (χ3n) is 4.10. The minimum absolute atomic E-state index is 0.599. The fourth-order valence-electron chi connectivity index (χ4n) is 3.06. The van der Waals surface area contributed by atoms with Gasteiger partial charge in [-0.25, -0.2) is 9.97 Å². The van der Waals surface area contributed by atoms with Crippen molar-refractivity contribution < 1.29 is 0 Å². The molecule has 2 aromatic rings. The Labute approximate surface area is 124 Å². The molecule has 2 N–H and O–H groups in total. The summed E-state index contributed by atoms with van der Waals surface area (Å²) in [5.74, 6) is 1.13. The van der Waals surface area contributed by atoms with Crippen LogP contribution in [0.1, 0.15) is 37.5 Å². The second-order valence-electron chi connectivity index (χ2n) is 5.40. The van der Waals surface area contributed by atoms with E-state index in [1.165, 1.54) is 29.5 Å². The molecule has 4 nitrogen and oxygen atoms in total. The van der Waals surface area contributed by atoms with Crippen LogP contribution in [-0.2, 0) is 6.42 Å². The summed E-state index contributed by atoms with van der Waals surface area (Å²) >= 11 is 1.79. The topological polar surface area (TPSA) is 55.0 Å². The van der Waals surface area contributed by atoms with E-state index in [1.807, 2.05) is 0 Å². The van der Waals surface area contributed by atoms with Crippen molar-refractivity contribution in [2.24, 2.45) is 5.73 Å².